The van der Waals surface area contributed by atoms with E-state index >= 15 is 0 Å². The zero-order valence-electron chi connectivity index (χ0n) is 13.4. The van der Waals surface area contributed by atoms with Crippen molar-refractivity contribution in [2.24, 2.45) is 5.92 Å². The van der Waals surface area contributed by atoms with E-state index in [-0.39, 0.29) is 17.9 Å². The number of amides is 1. The molecule has 1 amide bonds. The Kier molecular flexibility index (Phi) is 5.25. The summed E-state index contributed by atoms with van der Waals surface area (Å²) in [6, 6.07) is 10.3. The molecule has 0 aliphatic carbocycles. The van der Waals surface area contributed by atoms with Crippen molar-refractivity contribution >= 4 is 17.6 Å². The van der Waals surface area contributed by atoms with Gasteiger partial charge < -0.3 is 19.9 Å². The summed E-state index contributed by atoms with van der Waals surface area (Å²) in [6.45, 7) is 0.0797. The number of nitrogens with one attached hydrogen (secondary N) is 1. The van der Waals surface area contributed by atoms with Crippen LogP contribution >= 0.6 is 0 Å². The van der Waals surface area contributed by atoms with Gasteiger partial charge in [-0.1, -0.05) is 12.1 Å². The number of aliphatic carboxylic acids is 1. The van der Waals surface area contributed by atoms with Gasteiger partial charge in [-0.15, -0.1) is 0 Å². The second-order valence-corrected chi connectivity index (χ2v) is 5.67. The Hall–Kier alpha value is -2.93. The number of rotatable bonds is 6. The van der Waals surface area contributed by atoms with Gasteiger partial charge >= 0.3 is 5.97 Å². The fraction of sp³-hybridized carbons (Fsp3) is 0.278. The topological polar surface area (TPSA) is 97.8 Å². The summed E-state index contributed by atoms with van der Waals surface area (Å²) in [5, 5.41) is 11.5. The zero-order chi connectivity index (χ0) is 17.6. The molecule has 2 N–H and O–H groups in total. The number of carbonyl (C=O) groups excluding carboxylic acids is 1. The van der Waals surface area contributed by atoms with Crippen molar-refractivity contribution in [1.82, 2.24) is 4.98 Å². The van der Waals surface area contributed by atoms with Crippen LogP contribution in [0.2, 0.25) is 0 Å². The van der Waals surface area contributed by atoms with Crippen LogP contribution in [0.5, 0.6) is 5.75 Å². The van der Waals surface area contributed by atoms with Gasteiger partial charge in [0.15, 0.2) is 6.61 Å². The molecule has 1 aromatic heterocycles. The maximum absolute atomic E-state index is 12.6. The van der Waals surface area contributed by atoms with Crippen LogP contribution < -0.4 is 10.1 Å². The van der Waals surface area contributed by atoms with Crippen LogP contribution in [0, 0.1) is 5.92 Å². The molecular formula is C18H18N2O5. The van der Waals surface area contributed by atoms with Gasteiger partial charge in [0.25, 0.3) is 0 Å². The third kappa shape index (κ3) is 4.33. The second kappa shape index (κ2) is 7.76. The van der Waals surface area contributed by atoms with Crippen LogP contribution in [0.3, 0.4) is 0 Å². The van der Waals surface area contributed by atoms with Gasteiger partial charge in [0.05, 0.1) is 12.0 Å². The lowest BCUT2D eigenvalue weighted by Crippen LogP contribution is -2.25. The molecule has 2 atom stereocenters. The van der Waals surface area contributed by atoms with Gasteiger partial charge in [0.1, 0.15) is 5.75 Å². The first kappa shape index (κ1) is 16.9. The van der Waals surface area contributed by atoms with Gasteiger partial charge in [-0.05, 0) is 30.2 Å². The number of nitrogens with zero attached hydrogens (tertiary/aromatic N) is 1. The molecule has 0 saturated carbocycles. The van der Waals surface area contributed by atoms with Gasteiger partial charge in [0, 0.05) is 30.8 Å². The number of carboxylic acid groups (broad SMARTS) is 1. The van der Waals surface area contributed by atoms with Crippen LogP contribution in [0.4, 0.5) is 5.69 Å². The van der Waals surface area contributed by atoms with E-state index in [0.717, 1.165) is 5.56 Å². The van der Waals surface area contributed by atoms with Crippen LogP contribution in [-0.2, 0) is 14.3 Å². The predicted octanol–water partition coefficient (Wildman–Crippen LogP) is 2.26. The van der Waals surface area contributed by atoms with Crippen molar-refractivity contribution < 1.29 is 24.2 Å². The first-order chi connectivity index (χ1) is 12.1. The highest BCUT2D eigenvalue weighted by molar-refractivity contribution is 5.93. The van der Waals surface area contributed by atoms with E-state index in [9.17, 15) is 9.59 Å². The number of aromatic nitrogens is 1. The monoisotopic (exact) mass is 342 g/mol. The zero-order valence-corrected chi connectivity index (χ0v) is 13.4. The molecule has 130 valence electrons. The number of pyridine rings is 1. The highest BCUT2D eigenvalue weighted by Gasteiger charge is 2.35. The number of anilines is 1. The van der Waals surface area contributed by atoms with Crippen molar-refractivity contribution in [3.05, 3.63) is 54.4 Å². The van der Waals surface area contributed by atoms with Crippen LogP contribution in [0.15, 0.2) is 48.8 Å². The molecular weight excluding hydrogens is 324 g/mol. The number of carbonyl (C=O) groups is 2. The van der Waals surface area contributed by atoms with Crippen LogP contribution in [0.1, 0.15) is 18.1 Å². The van der Waals surface area contributed by atoms with Crippen molar-refractivity contribution in [3.8, 4) is 5.75 Å². The Morgan fingerprint density at radius 1 is 1.32 bits per heavy atom. The molecule has 0 bridgehead atoms. The molecule has 1 saturated heterocycles. The fourth-order valence-corrected chi connectivity index (χ4v) is 2.77. The highest BCUT2D eigenvalue weighted by atomic mass is 16.5. The summed E-state index contributed by atoms with van der Waals surface area (Å²) < 4.78 is 10.8. The maximum Gasteiger partial charge on any atom is 0.341 e. The van der Waals surface area contributed by atoms with Crippen molar-refractivity contribution in [1.29, 1.82) is 0 Å². The molecule has 7 heteroatoms. The summed E-state index contributed by atoms with van der Waals surface area (Å²) in [6.07, 6.45) is 3.69. The SMILES string of the molecule is O=C(O)COc1cccc(NC(=O)[C@H]2CCO[C@@H]2c2cccnc2)c1. The van der Waals surface area contributed by atoms with Gasteiger partial charge in [-0.25, -0.2) is 4.79 Å². The summed E-state index contributed by atoms with van der Waals surface area (Å²) >= 11 is 0. The smallest absolute Gasteiger partial charge is 0.341 e. The summed E-state index contributed by atoms with van der Waals surface area (Å²) in [4.78, 5) is 27.3. The lowest BCUT2D eigenvalue weighted by Gasteiger charge is -2.18. The minimum absolute atomic E-state index is 0.151. The molecule has 1 fully saturated rings. The Balaban J connectivity index is 1.67. The molecule has 2 aromatic rings. The summed E-state index contributed by atoms with van der Waals surface area (Å²) in [5.41, 5.74) is 1.42. The van der Waals surface area contributed by atoms with Crippen LogP contribution in [0.25, 0.3) is 0 Å². The van der Waals surface area contributed by atoms with Gasteiger partial charge in [0.2, 0.25) is 5.91 Å². The minimum atomic E-state index is -1.06. The molecule has 0 spiro atoms. The third-order valence-corrected chi connectivity index (χ3v) is 3.91. The average molecular weight is 342 g/mol. The average Bonchev–Trinajstić information content (AvgIpc) is 3.11. The minimum Gasteiger partial charge on any atom is -0.482 e. The standard InChI is InChI=1S/C18H18N2O5/c21-16(22)11-25-14-5-1-4-13(9-14)20-18(23)15-6-8-24-17(15)12-3-2-7-19-10-12/h1-5,7,9-10,15,17H,6,8,11H2,(H,20,23)(H,21,22)/t15-,17+/m0/s1. The molecule has 25 heavy (non-hydrogen) atoms. The van der Waals surface area contributed by atoms with Crippen molar-refractivity contribution in [2.75, 3.05) is 18.5 Å². The highest BCUT2D eigenvalue weighted by Crippen LogP contribution is 2.35. The Labute approximate surface area is 144 Å². The first-order valence-electron chi connectivity index (χ1n) is 7.90. The van der Waals surface area contributed by atoms with Gasteiger partial charge in [-0.3, -0.25) is 9.78 Å². The Morgan fingerprint density at radius 2 is 2.20 bits per heavy atom. The van der Waals surface area contributed by atoms with Crippen molar-refractivity contribution in [3.63, 3.8) is 0 Å². The predicted molar refractivity (Wildman–Crippen MR) is 89.2 cm³/mol. The third-order valence-electron chi connectivity index (χ3n) is 3.91. The fourth-order valence-electron chi connectivity index (χ4n) is 2.77. The molecule has 7 nitrogen and oxygen atoms in total. The lowest BCUT2D eigenvalue weighted by atomic mass is 9.95. The maximum atomic E-state index is 12.6. The summed E-state index contributed by atoms with van der Waals surface area (Å²) in [7, 11) is 0. The number of hydrogen-bond donors (Lipinski definition) is 2. The normalized spacial score (nSPS) is 19.4. The van der Waals surface area contributed by atoms with E-state index in [1.165, 1.54) is 0 Å². The molecule has 1 aliphatic rings. The summed E-state index contributed by atoms with van der Waals surface area (Å²) in [5.74, 6) is -1.14. The van der Waals surface area contributed by atoms with E-state index in [0.29, 0.717) is 24.5 Å². The number of carboxylic acids is 1. The molecule has 1 aliphatic heterocycles. The lowest BCUT2D eigenvalue weighted by molar-refractivity contribution is -0.139. The van der Waals surface area contributed by atoms with E-state index < -0.39 is 12.6 Å². The van der Waals surface area contributed by atoms with E-state index in [1.807, 2.05) is 12.1 Å². The van der Waals surface area contributed by atoms with Crippen molar-refractivity contribution in [2.45, 2.75) is 12.5 Å². The molecule has 3 rings (SSSR count). The largest absolute Gasteiger partial charge is 0.482 e. The van der Waals surface area contributed by atoms with E-state index in [4.69, 9.17) is 14.6 Å². The van der Waals surface area contributed by atoms with E-state index in [1.54, 1.807) is 36.7 Å². The van der Waals surface area contributed by atoms with Gasteiger partial charge in [-0.2, -0.15) is 0 Å². The van der Waals surface area contributed by atoms with Crippen LogP contribution in [-0.4, -0.2) is 35.2 Å². The molecule has 1 aromatic carbocycles. The first-order valence-corrected chi connectivity index (χ1v) is 7.90. The number of hydrogen-bond acceptors (Lipinski definition) is 5. The Morgan fingerprint density at radius 3 is 2.96 bits per heavy atom. The molecule has 0 unspecified atom stereocenters. The Bertz CT molecular complexity index is 750. The van der Waals surface area contributed by atoms with E-state index in [2.05, 4.69) is 10.3 Å². The second-order valence-electron chi connectivity index (χ2n) is 5.67. The number of benzene rings is 1. The number of ether oxygens (including phenoxy) is 2. The molecule has 2 heterocycles. The quantitative estimate of drug-likeness (QED) is 0.836. The molecule has 0 radical (unpaired) electrons.